The first-order chi connectivity index (χ1) is 14.2. The monoisotopic (exact) mass is 402 g/mol. The molecule has 0 amide bonds. The highest BCUT2D eigenvalue weighted by atomic mass is 16.6. The van der Waals surface area contributed by atoms with Crippen molar-refractivity contribution in [2.24, 2.45) is 0 Å². The highest BCUT2D eigenvalue weighted by Gasteiger charge is 2.38. The van der Waals surface area contributed by atoms with Crippen LogP contribution in [0.15, 0.2) is 71.1 Å². The van der Waals surface area contributed by atoms with Crippen LogP contribution >= 0.6 is 0 Å². The summed E-state index contributed by atoms with van der Waals surface area (Å²) in [6.45, 7) is 16.8. The molecule has 30 heavy (non-hydrogen) atoms. The van der Waals surface area contributed by atoms with Gasteiger partial charge in [-0.05, 0) is 77.6 Å². The molecule has 4 heteroatoms. The van der Waals surface area contributed by atoms with Gasteiger partial charge in [0.2, 0.25) is 0 Å². The third kappa shape index (κ3) is 2.98. The van der Waals surface area contributed by atoms with Crippen molar-refractivity contribution >= 4 is 11.4 Å². The number of aryl methyl sites for hydroxylation is 4. The number of ether oxygens (including phenoxy) is 2. The van der Waals surface area contributed by atoms with Crippen LogP contribution in [-0.4, -0.2) is 0 Å². The number of nitrogens with zero attached hydrogens (tertiary/aromatic N) is 2. The molecule has 2 aliphatic rings. The van der Waals surface area contributed by atoms with Crippen molar-refractivity contribution in [1.29, 1.82) is 0 Å². The molecule has 2 aliphatic heterocycles. The second-order valence-electron chi connectivity index (χ2n) is 8.25. The van der Waals surface area contributed by atoms with E-state index in [1.165, 1.54) is 22.3 Å². The Labute approximate surface area is 179 Å². The van der Waals surface area contributed by atoms with Gasteiger partial charge in [0.15, 0.2) is 0 Å². The smallest absolute Gasteiger partial charge is 0.267 e. The van der Waals surface area contributed by atoms with E-state index in [1.807, 2.05) is 13.8 Å². The van der Waals surface area contributed by atoms with Crippen LogP contribution in [0, 0.1) is 27.7 Å². The molecule has 0 N–H and O–H groups in total. The average Bonchev–Trinajstić information content (AvgIpc) is 3.13. The zero-order chi connectivity index (χ0) is 21.7. The summed E-state index contributed by atoms with van der Waals surface area (Å²) in [4.78, 5) is 4.39. The molecule has 0 fully saturated rings. The summed E-state index contributed by atoms with van der Waals surface area (Å²) in [6.07, 6.45) is 0. The van der Waals surface area contributed by atoms with Crippen LogP contribution in [0.4, 0.5) is 11.4 Å². The molecule has 2 heterocycles. The Balaban J connectivity index is 1.97. The number of allylic oxidation sites excluding steroid dienone is 4. The molecule has 0 saturated carbocycles. The molecule has 0 bridgehead atoms. The predicted octanol–water partition coefficient (Wildman–Crippen LogP) is 6.92. The molecule has 156 valence electrons. The second kappa shape index (κ2) is 7.28. The molecular weight excluding hydrogens is 372 g/mol. The quantitative estimate of drug-likeness (QED) is 0.544. The van der Waals surface area contributed by atoms with Crippen molar-refractivity contribution in [2.45, 2.75) is 55.4 Å². The zero-order valence-corrected chi connectivity index (χ0v) is 19.2. The molecule has 2 aromatic rings. The average molecular weight is 403 g/mol. The highest BCUT2D eigenvalue weighted by Crippen LogP contribution is 2.45. The first-order valence-corrected chi connectivity index (χ1v) is 10.4. The van der Waals surface area contributed by atoms with Gasteiger partial charge in [-0.15, -0.1) is 0 Å². The Morgan fingerprint density at radius 2 is 0.800 bits per heavy atom. The highest BCUT2D eigenvalue weighted by molar-refractivity contribution is 5.72. The Morgan fingerprint density at radius 1 is 0.500 bits per heavy atom. The van der Waals surface area contributed by atoms with E-state index in [2.05, 4.69) is 87.7 Å². The fraction of sp³-hybridized carbons (Fsp3) is 0.308. The lowest BCUT2D eigenvalue weighted by Crippen LogP contribution is -2.26. The molecule has 0 aromatic heterocycles. The van der Waals surface area contributed by atoms with Crippen LogP contribution in [0.2, 0.25) is 0 Å². The number of rotatable bonds is 2. The number of benzene rings is 2. The molecule has 4 nitrogen and oxygen atoms in total. The topological polar surface area (TPSA) is 24.9 Å². The standard InChI is InChI=1S/C26H30N2O2/c1-15-11-9-12-16(2)23(15)27-19(5)21(7)29-25(27)26-28(20(6)22(8)30-26)24-17(3)13-10-14-18(24)4/h9-14H,1-8H3/b26-25+. The maximum absolute atomic E-state index is 6.35. The van der Waals surface area contributed by atoms with Crippen molar-refractivity contribution < 1.29 is 9.47 Å². The van der Waals surface area contributed by atoms with Crippen molar-refractivity contribution in [3.63, 3.8) is 0 Å². The van der Waals surface area contributed by atoms with E-state index < -0.39 is 0 Å². The van der Waals surface area contributed by atoms with Crippen molar-refractivity contribution in [3.8, 4) is 0 Å². The second-order valence-corrected chi connectivity index (χ2v) is 8.25. The molecule has 0 atom stereocenters. The van der Waals surface area contributed by atoms with Crippen LogP contribution in [0.3, 0.4) is 0 Å². The van der Waals surface area contributed by atoms with Gasteiger partial charge in [-0.25, -0.2) is 0 Å². The predicted molar refractivity (Wildman–Crippen MR) is 123 cm³/mol. The maximum atomic E-state index is 6.35. The van der Waals surface area contributed by atoms with E-state index in [-0.39, 0.29) is 0 Å². The molecule has 0 aliphatic carbocycles. The van der Waals surface area contributed by atoms with E-state index in [9.17, 15) is 0 Å². The Bertz CT molecular complexity index is 1010. The normalized spacial score (nSPS) is 19.1. The van der Waals surface area contributed by atoms with Gasteiger partial charge in [0, 0.05) is 0 Å². The minimum atomic E-state index is 0.709. The van der Waals surface area contributed by atoms with E-state index >= 15 is 0 Å². The summed E-state index contributed by atoms with van der Waals surface area (Å²) < 4.78 is 12.7. The summed E-state index contributed by atoms with van der Waals surface area (Å²) in [5.74, 6) is 3.18. The lowest BCUT2D eigenvalue weighted by Gasteiger charge is -2.29. The van der Waals surface area contributed by atoms with Gasteiger partial charge in [-0.3, -0.25) is 9.80 Å². The molecule has 0 saturated heterocycles. The summed E-state index contributed by atoms with van der Waals surface area (Å²) in [7, 11) is 0. The Morgan fingerprint density at radius 3 is 1.10 bits per heavy atom. The molecule has 0 radical (unpaired) electrons. The van der Waals surface area contributed by atoms with Crippen LogP contribution in [0.5, 0.6) is 0 Å². The Kier molecular flexibility index (Phi) is 4.89. The lowest BCUT2D eigenvalue weighted by molar-refractivity contribution is 0.255. The minimum absolute atomic E-state index is 0.709. The largest absolute Gasteiger partial charge is 0.439 e. The van der Waals surface area contributed by atoms with Gasteiger partial charge < -0.3 is 9.47 Å². The fourth-order valence-electron chi connectivity index (χ4n) is 4.28. The summed E-state index contributed by atoms with van der Waals surface area (Å²) in [6, 6.07) is 12.7. The Hall–Kier alpha value is -3.14. The third-order valence-corrected chi connectivity index (χ3v) is 6.10. The number of hydrogen-bond donors (Lipinski definition) is 0. The number of anilines is 2. The van der Waals surface area contributed by atoms with Gasteiger partial charge in [0.1, 0.15) is 11.5 Å². The maximum Gasteiger partial charge on any atom is 0.267 e. The molecule has 4 rings (SSSR count). The number of hydrogen-bond acceptors (Lipinski definition) is 4. The van der Waals surface area contributed by atoms with Crippen molar-refractivity contribution in [2.75, 3.05) is 9.80 Å². The zero-order valence-electron chi connectivity index (χ0n) is 19.2. The number of para-hydroxylation sites is 2. The van der Waals surface area contributed by atoms with Gasteiger partial charge in [-0.1, -0.05) is 36.4 Å². The van der Waals surface area contributed by atoms with Gasteiger partial charge in [-0.2, -0.15) is 0 Å². The molecule has 2 aromatic carbocycles. The van der Waals surface area contributed by atoms with Gasteiger partial charge in [0.25, 0.3) is 11.8 Å². The minimum Gasteiger partial charge on any atom is -0.439 e. The van der Waals surface area contributed by atoms with E-state index in [1.54, 1.807) is 0 Å². The molecule has 0 unspecified atom stereocenters. The summed E-state index contributed by atoms with van der Waals surface area (Å²) in [5, 5.41) is 0. The molecular formula is C26H30N2O2. The lowest BCUT2D eigenvalue weighted by atomic mass is 10.1. The fourth-order valence-corrected chi connectivity index (χ4v) is 4.28. The summed E-state index contributed by atoms with van der Waals surface area (Å²) >= 11 is 0. The van der Waals surface area contributed by atoms with Crippen molar-refractivity contribution in [3.05, 3.63) is 93.3 Å². The van der Waals surface area contributed by atoms with Gasteiger partial charge in [0.05, 0.1) is 22.8 Å². The van der Waals surface area contributed by atoms with E-state index in [4.69, 9.17) is 9.47 Å². The van der Waals surface area contributed by atoms with Crippen LogP contribution in [0.1, 0.15) is 49.9 Å². The first-order valence-electron chi connectivity index (χ1n) is 10.4. The molecule has 0 spiro atoms. The third-order valence-electron chi connectivity index (χ3n) is 6.10. The van der Waals surface area contributed by atoms with Crippen LogP contribution in [-0.2, 0) is 9.47 Å². The first kappa shape index (κ1) is 20.1. The summed E-state index contributed by atoms with van der Waals surface area (Å²) in [5.41, 5.74) is 9.22. The van der Waals surface area contributed by atoms with E-state index in [0.717, 1.165) is 34.3 Å². The SMILES string of the molecule is CC1=C(C)N(c2c(C)cccc2C)/C(=C2\OC(C)=C(C)N2c2c(C)cccc2C)O1. The van der Waals surface area contributed by atoms with E-state index in [0.29, 0.717) is 11.8 Å². The van der Waals surface area contributed by atoms with Gasteiger partial charge >= 0.3 is 0 Å². The van der Waals surface area contributed by atoms with Crippen molar-refractivity contribution in [1.82, 2.24) is 0 Å². The van der Waals surface area contributed by atoms with Crippen LogP contribution < -0.4 is 9.80 Å². The van der Waals surface area contributed by atoms with Crippen LogP contribution in [0.25, 0.3) is 0 Å².